The van der Waals surface area contributed by atoms with Gasteiger partial charge in [0, 0.05) is 11.1 Å². The van der Waals surface area contributed by atoms with Gasteiger partial charge >= 0.3 is 0 Å². The minimum Gasteiger partial charge on any atom is -0.457 e. The molecule has 0 aliphatic carbocycles. The van der Waals surface area contributed by atoms with Crippen LogP contribution in [0, 0.1) is 11.3 Å². The quantitative estimate of drug-likeness (QED) is 0.907. The van der Waals surface area contributed by atoms with Crippen molar-refractivity contribution >= 4 is 5.91 Å². The van der Waals surface area contributed by atoms with Crippen molar-refractivity contribution in [1.82, 2.24) is 5.32 Å². The second kappa shape index (κ2) is 5.06. The largest absolute Gasteiger partial charge is 0.457 e. The number of amides is 1. The van der Waals surface area contributed by atoms with Gasteiger partial charge in [0.1, 0.15) is 17.9 Å². The predicted octanol–water partition coefficient (Wildman–Crippen LogP) is 2.91. The Balaban J connectivity index is 2.04. The van der Waals surface area contributed by atoms with Gasteiger partial charge in [-0.1, -0.05) is 36.4 Å². The molecule has 0 radical (unpaired) electrons. The van der Waals surface area contributed by atoms with Gasteiger partial charge in [0.05, 0.1) is 12.1 Å². The average Bonchev–Trinajstić information content (AvgIpc) is 2.47. The number of carbonyl (C=O) groups excluding carboxylic acids is 1. The molecule has 1 N–H and O–H groups in total. The van der Waals surface area contributed by atoms with E-state index in [1.54, 1.807) is 0 Å². The molecule has 0 unspecified atom stereocenters. The Hall–Kier alpha value is -2.80. The fraction of sp³-hybridized carbons (Fsp3) is 0.125. The molecule has 1 heterocycles. The van der Waals surface area contributed by atoms with E-state index in [9.17, 15) is 4.79 Å². The van der Waals surface area contributed by atoms with E-state index in [0.717, 1.165) is 22.6 Å². The van der Waals surface area contributed by atoms with Crippen molar-refractivity contribution in [2.45, 2.75) is 12.5 Å². The molecule has 0 fully saturated rings. The van der Waals surface area contributed by atoms with Gasteiger partial charge in [0.2, 0.25) is 5.91 Å². The molecule has 0 atom stereocenters. The molecular weight excluding hydrogens is 252 g/mol. The van der Waals surface area contributed by atoms with Crippen molar-refractivity contribution < 1.29 is 9.53 Å². The van der Waals surface area contributed by atoms with Crippen molar-refractivity contribution in [3.8, 4) is 17.6 Å². The van der Waals surface area contributed by atoms with Crippen molar-refractivity contribution in [1.29, 1.82) is 5.26 Å². The molecule has 4 nitrogen and oxygen atoms in total. The maximum absolute atomic E-state index is 11.8. The number of carbonyl (C=O) groups is 1. The number of hydrogen-bond donors (Lipinski definition) is 1. The maximum atomic E-state index is 11.8. The van der Waals surface area contributed by atoms with Crippen LogP contribution in [0.3, 0.4) is 0 Å². The fourth-order valence-electron chi connectivity index (χ4n) is 2.35. The minimum absolute atomic E-state index is 0.151. The van der Waals surface area contributed by atoms with Crippen LogP contribution in [0.25, 0.3) is 0 Å². The minimum atomic E-state index is -0.288. The zero-order valence-electron chi connectivity index (χ0n) is 10.7. The van der Waals surface area contributed by atoms with E-state index in [-0.39, 0.29) is 18.4 Å². The summed E-state index contributed by atoms with van der Waals surface area (Å²) in [6.07, 6.45) is -0.151. The number of benzene rings is 2. The van der Waals surface area contributed by atoms with Crippen LogP contribution in [-0.4, -0.2) is 5.91 Å². The highest BCUT2D eigenvalue weighted by Crippen LogP contribution is 2.42. The first-order chi connectivity index (χ1) is 9.79. The van der Waals surface area contributed by atoms with Crippen LogP contribution in [0.4, 0.5) is 0 Å². The SMILES string of the molecule is N#CCC(=O)NC1c2ccccc2Oc2ccccc21. The van der Waals surface area contributed by atoms with E-state index in [2.05, 4.69) is 5.32 Å². The zero-order chi connectivity index (χ0) is 13.9. The molecule has 20 heavy (non-hydrogen) atoms. The summed E-state index contributed by atoms with van der Waals surface area (Å²) < 4.78 is 5.83. The molecule has 0 saturated heterocycles. The second-order valence-electron chi connectivity index (χ2n) is 4.51. The lowest BCUT2D eigenvalue weighted by Gasteiger charge is -2.28. The first-order valence-electron chi connectivity index (χ1n) is 6.31. The molecule has 1 aliphatic rings. The third-order valence-electron chi connectivity index (χ3n) is 3.22. The first kappa shape index (κ1) is 12.2. The van der Waals surface area contributed by atoms with Crippen LogP contribution < -0.4 is 10.1 Å². The van der Waals surface area contributed by atoms with E-state index in [0.29, 0.717) is 0 Å². The highest BCUT2D eigenvalue weighted by Gasteiger charge is 2.27. The van der Waals surface area contributed by atoms with E-state index < -0.39 is 0 Å². The Morgan fingerprint density at radius 3 is 2.20 bits per heavy atom. The van der Waals surface area contributed by atoms with Crippen molar-refractivity contribution in [2.24, 2.45) is 0 Å². The lowest BCUT2D eigenvalue weighted by atomic mass is 9.94. The summed E-state index contributed by atoms with van der Waals surface area (Å²) >= 11 is 0. The number of para-hydroxylation sites is 2. The van der Waals surface area contributed by atoms with Crippen LogP contribution in [0.5, 0.6) is 11.5 Å². The number of fused-ring (bicyclic) bond motifs is 2. The monoisotopic (exact) mass is 264 g/mol. The number of ether oxygens (including phenoxy) is 1. The van der Waals surface area contributed by atoms with Crippen LogP contribution in [0.15, 0.2) is 48.5 Å². The van der Waals surface area contributed by atoms with Crippen LogP contribution in [0.1, 0.15) is 23.6 Å². The summed E-state index contributed by atoms with van der Waals surface area (Å²) in [4.78, 5) is 11.8. The molecule has 3 rings (SSSR count). The second-order valence-corrected chi connectivity index (χ2v) is 4.51. The molecule has 1 aliphatic heterocycles. The average molecular weight is 264 g/mol. The number of nitrogens with zero attached hydrogens (tertiary/aromatic N) is 1. The Bertz CT molecular complexity index is 658. The van der Waals surface area contributed by atoms with Gasteiger partial charge in [-0.25, -0.2) is 0 Å². The summed E-state index contributed by atoms with van der Waals surface area (Å²) in [5.41, 5.74) is 1.80. The summed E-state index contributed by atoms with van der Waals surface area (Å²) in [5.74, 6) is 1.17. The summed E-state index contributed by atoms with van der Waals surface area (Å²) in [5, 5.41) is 11.5. The molecule has 98 valence electrons. The van der Waals surface area contributed by atoms with Crippen LogP contribution in [0.2, 0.25) is 0 Å². The standard InChI is InChI=1S/C16H12N2O2/c17-10-9-15(19)18-16-11-5-1-3-7-13(11)20-14-8-4-2-6-12(14)16/h1-8,16H,9H2,(H,18,19). The third-order valence-corrected chi connectivity index (χ3v) is 3.22. The first-order valence-corrected chi connectivity index (χ1v) is 6.31. The van der Waals surface area contributed by atoms with Crippen molar-refractivity contribution in [3.63, 3.8) is 0 Å². The summed E-state index contributed by atoms with van der Waals surface area (Å²) in [7, 11) is 0. The van der Waals surface area contributed by atoms with Crippen LogP contribution in [-0.2, 0) is 4.79 Å². The molecule has 0 bridgehead atoms. The Morgan fingerprint density at radius 2 is 1.65 bits per heavy atom. The van der Waals surface area contributed by atoms with Gasteiger partial charge in [0.25, 0.3) is 0 Å². The van der Waals surface area contributed by atoms with Gasteiger partial charge in [-0.05, 0) is 12.1 Å². The van der Waals surface area contributed by atoms with E-state index in [1.807, 2.05) is 54.6 Å². The maximum Gasteiger partial charge on any atom is 0.234 e. The lowest BCUT2D eigenvalue weighted by Crippen LogP contribution is -2.30. The van der Waals surface area contributed by atoms with E-state index in [4.69, 9.17) is 10.00 Å². The number of hydrogen-bond acceptors (Lipinski definition) is 3. The smallest absolute Gasteiger partial charge is 0.234 e. The van der Waals surface area contributed by atoms with Gasteiger partial charge in [-0.15, -0.1) is 0 Å². The Morgan fingerprint density at radius 1 is 1.10 bits per heavy atom. The van der Waals surface area contributed by atoms with Gasteiger partial charge in [0.15, 0.2) is 0 Å². The molecule has 0 spiro atoms. The summed E-state index contributed by atoms with van der Waals surface area (Å²) in [6.45, 7) is 0. The molecule has 0 aromatic heterocycles. The van der Waals surface area contributed by atoms with Gasteiger partial charge < -0.3 is 10.1 Å². The highest BCUT2D eigenvalue weighted by molar-refractivity contribution is 5.79. The predicted molar refractivity (Wildman–Crippen MR) is 73.2 cm³/mol. The molecule has 1 amide bonds. The lowest BCUT2D eigenvalue weighted by molar-refractivity contribution is -0.120. The number of nitrogens with one attached hydrogen (secondary N) is 1. The third kappa shape index (κ3) is 2.10. The molecule has 0 saturated carbocycles. The van der Waals surface area contributed by atoms with Crippen molar-refractivity contribution in [3.05, 3.63) is 59.7 Å². The van der Waals surface area contributed by atoms with E-state index >= 15 is 0 Å². The van der Waals surface area contributed by atoms with E-state index in [1.165, 1.54) is 0 Å². The van der Waals surface area contributed by atoms with Crippen molar-refractivity contribution in [2.75, 3.05) is 0 Å². The molecule has 2 aromatic carbocycles. The van der Waals surface area contributed by atoms with Gasteiger partial charge in [-0.3, -0.25) is 4.79 Å². The fourth-order valence-corrected chi connectivity index (χ4v) is 2.35. The Labute approximate surface area is 116 Å². The topological polar surface area (TPSA) is 62.1 Å². The number of rotatable bonds is 2. The van der Waals surface area contributed by atoms with Gasteiger partial charge in [-0.2, -0.15) is 5.26 Å². The highest BCUT2D eigenvalue weighted by atomic mass is 16.5. The molecule has 4 heteroatoms. The van der Waals surface area contributed by atoms with Crippen LogP contribution >= 0.6 is 0 Å². The summed E-state index contributed by atoms with van der Waals surface area (Å²) in [6, 6.07) is 16.7. The normalized spacial score (nSPS) is 12.6. The number of nitriles is 1. The molecule has 2 aromatic rings. The Kier molecular flexibility index (Phi) is 3.10. The molecular formula is C16H12N2O2. The zero-order valence-corrected chi connectivity index (χ0v) is 10.7.